The van der Waals surface area contributed by atoms with Crippen molar-refractivity contribution in [2.45, 2.75) is 276 Å². The summed E-state index contributed by atoms with van der Waals surface area (Å²) in [6, 6.07) is -0.587. The van der Waals surface area contributed by atoms with Gasteiger partial charge in [-0.2, -0.15) is 0 Å². The molecule has 0 bridgehead atoms. The van der Waals surface area contributed by atoms with E-state index < -0.39 is 12.1 Å². The van der Waals surface area contributed by atoms with E-state index in [0.29, 0.717) is 32.3 Å². The number of nitrogens with one attached hydrogen (secondary N) is 1. The van der Waals surface area contributed by atoms with Crippen LogP contribution in [0.2, 0.25) is 0 Å². The molecule has 0 heterocycles. The molecule has 1 amide bonds. The van der Waals surface area contributed by atoms with Crippen molar-refractivity contribution in [1.29, 1.82) is 0 Å². The first kappa shape index (κ1) is 58.8. The van der Waals surface area contributed by atoms with Gasteiger partial charge in [0.25, 0.3) is 0 Å². The largest absolute Gasteiger partial charge is 0.466 e. The van der Waals surface area contributed by atoms with E-state index in [9.17, 15) is 19.8 Å². The summed E-state index contributed by atoms with van der Waals surface area (Å²) < 4.78 is 5.44. The number of amides is 1. The molecule has 2 atom stereocenters. The van der Waals surface area contributed by atoms with E-state index in [2.05, 4.69) is 61.7 Å². The number of allylic oxidation sites excluding steroid dienone is 8. The van der Waals surface area contributed by atoms with E-state index in [1.54, 1.807) is 0 Å². The Bertz CT molecular complexity index is 1040. The van der Waals surface area contributed by atoms with Crippen molar-refractivity contribution < 1.29 is 24.5 Å². The molecule has 0 fully saturated rings. The third-order valence-electron chi connectivity index (χ3n) is 11.9. The fourth-order valence-electron chi connectivity index (χ4n) is 7.76. The number of hydrogen-bond acceptors (Lipinski definition) is 5. The van der Waals surface area contributed by atoms with Gasteiger partial charge in [-0.15, -0.1) is 0 Å². The predicted molar refractivity (Wildman–Crippen MR) is 264 cm³/mol. The lowest BCUT2D eigenvalue weighted by molar-refractivity contribution is -0.143. The van der Waals surface area contributed by atoms with E-state index in [-0.39, 0.29) is 18.5 Å². The predicted octanol–water partition coefficient (Wildman–Crippen LogP) is 15.8. The van der Waals surface area contributed by atoms with Crippen molar-refractivity contribution >= 4 is 11.9 Å². The molecule has 6 nitrogen and oxygen atoms in total. The van der Waals surface area contributed by atoms with Crippen LogP contribution in [0.5, 0.6) is 0 Å². The highest BCUT2D eigenvalue weighted by molar-refractivity contribution is 5.76. The molecule has 0 spiro atoms. The molecule has 2 unspecified atom stereocenters. The number of unbranched alkanes of at least 4 members (excludes halogenated alkanes) is 29. The molecule has 0 aromatic carbocycles. The van der Waals surface area contributed by atoms with Crippen LogP contribution in [-0.4, -0.2) is 47.4 Å². The van der Waals surface area contributed by atoms with Gasteiger partial charge in [0.05, 0.1) is 25.4 Å². The van der Waals surface area contributed by atoms with Crippen LogP contribution in [0.15, 0.2) is 48.6 Å². The fourth-order valence-corrected chi connectivity index (χ4v) is 7.76. The van der Waals surface area contributed by atoms with Crippen LogP contribution in [-0.2, 0) is 14.3 Å². The maximum absolute atomic E-state index is 12.4. The third kappa shape index (κ3) is 47.1. The van der Waals surface area contributed by atoms with Gasteiger partial charge in [-0.25, -0.2) is 0 Å². The van der Waals surface area contributed by atoms with Gasteiger partial charge in [0.15, 0.2) is 0 Å². The summed E-state index contributed by atoms with van der Waals surface area (Å²) >= 11 is 0. The topological polar surface area (TPSA) is 95.9 Å². The van der Waals surface area contributed by atoms with Gasteiger partial charge < -0.3 is 20.3 Å². The molecule has 0 aromatic heterocycles. The van der Waals surface area contributed by atoms with Crippen molar-refractivity contribution in [3.63, 3.8) is 0 Å². The van der Waals surface area contributed by atoms with Gasteiger partial charge in [0.1, 0.15) is 0 Å². The Hall–Kier alpha value is -2.18. The van der Waals surface area contributed by atoms with E-state index in [0.717, 1.165) is 64.2 Å². The molecule has 0 saturated carbocycles. The highest BCUT2D eigenvalue weighted by atomic mass is 16.5. The molecule has 0 saturated heterocycles. The number of esters is 1. The quantitative estimate of drug-likeness (QED) is 0.0322. The number of hydrogen-bond donors (Lipinski definition) is 3. The SMILES string of the molecule is CCCC/C=C\C/C=C\CCCCCCCC(=O)OCCCCCCCC/C=C\C/C=C\CCC(=O)NC(CO)C(O)CCCCCCCCCCCCCCCCCCC. The molecule has 0 radical (unpaired) electrons. The second-order valence-electron chi connectivity index (χ2n) is 17.8. The third-order valence-corrected chi connectivity index (χ3v) is 11.9. The molecule has 0 rings (SSSR count). The monoisotopic (exact) mass is 856 g/mol. The van der Waals surface area contributed by atoms with Crippen LogP contribution in [0.25, 0.3) is 0 Å². The first-order chi connectivity index (χ1) is 30.0. The van der Waals surface area contributed by atoms with E-state index in [1.165, 1.54) is 161 Å². The molecule has 0 aliphatic carbocycles. The van der Waals surface area contributed by atoms with Crippen molar-refractivity contribution in [3.8, 4) is 0 Å². The van der Waals surface area contributed by atoms with Crippen LogP contribution >= 0.6 is 0 Å². The first-order valence-electron chi connectivity index (χ1n) is 26.4. The van der Waals surface area contributed by atoms with Gasteiger partial charge in [-0.05, 0) is 70.6 Å². The summed E-state index contributed by atoms with van der Waals surface area (Å²) in [4.78, 5) is 24.4. The summed E-state index contributed by atoms with van der Waals surface area (Å²) in [5, 5.41) is 23.2. The number of aliphatic hydroxyl groups is 2. The second-order valence-corrected chi connectivity index (χ2v) is 17.8. The summed E-state index contributed by atoms with van der Waals surface area (Å²) in [5.41, 5.74) is 0. The lowest BCUT2D eigenvalue weighted by Gasteiger charge is -2.22. The zero-order valence-corrected chi connectivity index (χ0v) is 40.4. The lowest BCUT2D eigenvalue weighted by Crippen LogP contribution is -2.45. The molecule has 0 aliphatic rings. The minimum atomic E-state index is -0.700. The number of rotatable bonds is 48. The van der Waals surface area contributed by atoms with Crippen molar-refractivity contribution in [2.75, 3.05) is 13.2 Å². The van der Waals surface area contributed by atoms with Crippen LogP contribution in [0.4, 0.5) is 0 Å². The maximum Gasteiger partial charge on any atom is 0.305 e. The Morgan fingerprint density at radius 3 is 1.33 bits per heavy atom. The van der Waals surface area contributed by atoms with E-state index >= 15 is 0 Å². The Kier molecular flexibility index (Phi) is 48.7. The summed E-state index contributed by atoms with van der Waals surface area (Å²) in [6.45, 7) is 4.84. The molecular formula is C55H101NO5. The van der Waals surface area contributed by atoms with Gasteiger partial charge in [0.2, 0.25) is 5.91 Å². The lowest BCUT2D eigenvalue weighted by atomic mass is 10.0. The Labute approximate surface area is 378 Å². The minimum Gasteiger partial charge on any atom is -0.466 e. The molecule has 61 heavy (non-hydrogen) atoms. The van der Waals surface area contributed by atoms with Gasteiger partial charge in [-0.1, -0.05) is 229 Å². The fraction of sp³-hybridized carbons (Fsp3) is 0.818. The van der Waals surface area contributed by atoms with Crippen molar-refractivity contribution in [2.24, 2.45) is 0 Å². The second kappa shape index (κ2) is 50.5. The van der Waals surface area contributed by atoms with Gasteiger partial charge in [-0.3, -0.25) is 9.59 Å². The normalized spacial score (nSPS) is 13.0. The average Bonchev–Trinajstić information content (AvgIpc) is 3.26. The van der Waals surface area contributed by atoms with E-state index in [4.69, 9.17) is 4.74 Å². The highest BCUT2D eigenvalue weighted by Crippen LogP contribution is 2.16. The molecule has 6 heteroatoms. The average molecular weight is 856 g/mol. The zero-order valence-electron chi connectivity index (χ0n) is 40.4. The standard InChI is InChI=1S/C55H101NO5/c1-3-5-7-9-11-13-15-17-19-20-21-23-27-31-35-39-43-47-53(58)52(51-57)56-54(59)48-44-40-36-32-28-24-22-26-30-34-38-42-46-50-61-55(60)49-45-41-37-33-29-25-18-16-14-12-10-8-6-4-2/h10,12,16,18,24,28,36,40,52-53,57-58H,3-9,11,13-15,17,19-23,25-27,29-35,37-39,41-51H2,1-2H3,(H,56,59)/b12-10-,18-16-,28-24-,40-36-. The first-order valence-corrected chi connectivity index (χ1v) is 26.4. The van der Waals surface area contributed by atoms with Crippen LogP contribution < -0.4 is 5.32 Å². The Morgan fingerprint density at radius 1 is 0.459 bits per heavy atom. The molecule has 3 N–H and O–H groups in total. The highest BCUT2D eigenvalue weighted by Gasteiger charge is 2.19. The molecule has 0 aliphatic heterocycles. The molecule has 356 valence electrons. The smallest absolute Gasteiger partial charge is 0.305 e. The summed E-state index contributed by atoms with van der Waals surface area (Å²) in [6.07, 6.45) is 62.3. The van der Waals surface area contributed by atoms with Crippen molar-refractivity contribution in [3.05, 3.63) is 48.6 Å². The zero-order chi connectivity index (χ0) is 44.4. The number of aliphatic hydroxyl groups excluding tert-OH is 2. The van der Waals surface area contributed by atoms with Crippen LogP contribution in [0.1, 0.15) is 264 Å². The summed E-state index contributed by atoms with van der Waals surface area (Å²) in [7, 11) is 0. The maximum atomic E-state index is 12.4. The van der Waals surface area contributed by atoms with E-state index in [1.807, 2.05) is 6.08 Å². The number of carbonyl (C=O) groups excluding carboxylic acids is 2. The van der Waals surface area contributed by atoms with Crippen LogP contribution in [0.3, 0.4) is 0 Å². The van der Waals surface area contributed by atoms with Gasteiger partial charge >= 0.3 is 5.97 Å². The minimum absolute atomic E-state index is 0.0321. The molecule has 0 aromatic rings. The van der Waals surface area contributed by atoms with Gasteiger partial charge in [0, 0.05) is 12.8 Å². The number of carbonyl (C=O) groups is 2. The Morgan fingerprint density at radius 2 is 0.852 bits per heavy atom. The summed E-state index contributed by atoms with van der Waals surface area (Å²) in [5.74, 6) is -0.148. The van der Waals surface area contributed by atoms with Crippen LogP contribution in [0, 0.1) is 0 Å². The van der Waals surface area contributed by atoms with Crippen molar-refractivity contribution in [1.82, 2.24) is 5.32 Å². The molecular weight excluding hydrogens is 755 g/mol. The Balaban J connectivity index is 3.57. The number of ether oxygens (including phenoxy) is 1.